The third kappa shape index (κ3) is 2.39. The van der Waals surface area contributed by atoms with E-state index in [9.17, 15) is 9.59 Å². The second-order valence-electron chi connectivity index (χ2n) is 10.0. The molecule has 4 heteroatoms. The molecule has 4 aliphatic rings. The summed E-state index contributed by atoms with van der Waals surface area (Å²) in [4.78, 5) is 27.0. The molecule has 4 nitrogen and oxygen atoms in total. The summed E-state index contributed by atoms with van der Waals surface area (Å²) in [5.41, 5.74) is 0.455. The van der Waals surface area contributed by atoms with E-state index in [4.69, 9.17) is 0 Å². The van der Waals surface area contributed by atoms with Crippen LogP contribution in [0.25, 0.3) is 0 Å². The van der Waals surface area contributed by atoms with E-state index in [-0.39, 0.29) is 16.7 Å². The number of carbonyl (C=O) groups excluding carboxylic acids is 2. The van der Waals surface area contributed by atoms with Gasteiger partial charge in [-0.25, -0.2) is 0 Å². The van der Waals surface area contributed by atoms with E-state index in [1.165, 1.54) is 25.7 Å². The second kappa shape index (κ2) is 6.24. The van der Waals surface area contributed by atoms with Crippen LogP contribution in [0.3, 0.4) is 0 Å². The van der Waals surface area contributed by atoms with Gasteiger partial charge in [-0.05, 0) is 80.5 Å². The van der Waals surface area contributed by atoms with Crippen LogP contribution >= 0.6 is 0 Å². The number of hydrogen-bond donors (Lipinski definition) is 1. The van der Waals surface area contributed by atoms with Crippen molar-refractivity contribution in [3.63, 3.8) is 0 Å². The standard InChI is InChI=1S/C22H36N2O2/c1-5-23-20(26)17-8-7-15-14-6-9-18-22(3,13-11-19(25)24(18)4)16(14)10-12-21(15,17)2/h14-18H,5-13H2,1-4H3,(H,23,26)/t14-,15-,16+,17?,18?,21-,22+/m0/s1. The zero-order chi connectivity index (χ0) is 18.7. The third-order valence-corrected chi connectivity index (χ3v) is 9.22. The minimum Gasteiger partial charge on any atom is -0.356 e. The molecule has 2 amide bonds. The lowest BCUT2D eigenvalue weighted by Crippen LogP contribution is -2.61. The molecule has 0 bridgehead atoms. The summed E-state index contributed by atoms with van der Waals surface area (Å²) in [5.74, 6) is 2.99. The molecule has 4 fully saturated rings. The first-order chi connectivity index (χ1) is 12.3. The molecule has 0 aromatic rings. The number of fused-ring (bicyclic) bond motifs is 5. The molecule has 2 unspecified atom stereocenters. The molecule has 0 aromatic carbocycles. The van der Waals surface area contributed by atoms with Gasteiger partial charge in [0, 0.05) is 32.0 Å². The minimum absolute atomic E-state index is 0.181. The number of hydrogen-bond acceptors (Lipinski definition) is 2. The van der Waals surface area contributed by atoms with Crippen LogP contribution in [-0.4, -0.2) is 36.3 Å². The number of likely N-dealkylation sites (tertiary alicyclic amines) is 1. The smallest absolute Gasteiger partial charge is 0.223 e. The van der Waals surface area contributed by atoms with E-state index < -0.39 is 0 Å². The Hall–Kier alpha value is -1.06. The van der Waals surface area contributed by atoms with Crippen molar-refractivity contribution in [2.45, 2.75) is 78.2 Å². The first-order valence-corrected chi connectivity index (χ1v) is 10.9. The summed E-state index contributed by atoms with van der Waals surface area (Å²) in [6.07, 6.45) is 8.87. The van der Waals surface area contributed by atoms with Gasteiger partial charge in [-0.15, -0.1) is 0 Å². The van der Waals surface area contributed by atoms with Gasteiger partial charge in [-0.2, -0.15) is 0 Å². The van der Waals surface area contributed by atoms with Gasteiger partial charge in [-0.3, -0.25) is 9.59 Å². The lowest BCUT2D eigenvalue weighted by atomic mass is 9.47. The van der Waals surface area contributed by atoms with Gasteiger partial charge in [0.1, 0.15) is 0 Å². The van der Waals surface area contributed by atoms with Gasteiger partial charge in [0.25, 0.3) is 0 Å². The molecule has 1 N–H and O–H groups in total. The van der Waals surface area contributed by atoms with E-state index >= 15 is 0 Å². The van der Waals surface area contributed by atoms with Crippen molar-refractivity contribution in [1.82, 2.24) is 10.2 Å². The molecule has 146 valence electrons. The predicted molar refractivity (Wildman–Crippen MR) is 102 cm³/mol. The Kier molecular flexibility index (Phi) is 4.39. The highest BCUT2D eigenvalue weighted by Crippen LogP contribution is 2.66. The maximum Gasteiger partial charge on any atom is 0.223 e. The molecule has 4 rings (SSSR count). The zero-order valence-corrected chi connectivity index (χ0v) is 17.0. The van der Waals surface area contributed by atoms with E-state index in [1.54, 1.807) is 0 Å². The Morgan fingerprint density at radius 1 is 1.08 bits per heavy atom. The molecule has 1 heterocycles. The van der Waals surface area contributed by atoms with Crippen LogP contribution < -0.4 is 5.32 Å². The summed E-state index contributed by atoms with van der Waals surface area (Å²) >= 11 is 0. The van der Waals surface area contributed by atoms with Crippen LogP contribution in [0.4, 0.5) is 0 Å². The highest BCUT2D eigenvalue weighted by atomic mass is 16.2. The van der Waals surface area contributed by atoms with Crippen LogP contribution in [0.2, 0.25) is 0 Å². The molecule has 1 saturated heterocycles. The summed E-state index contributed by atoms with van der Waals surface area (Å²) < 4.78 is 0. The normalized spacial score (nSPS) is 47.8. The van der Waals surface area contributed by atoms with Gasteiger partial charge in [0.15, 0.2) is 0 Å². The summed E-state index contributed by atoms with van der Waals surface area (Å²) in [5, 5.41) is 3.10. The van der Waals surface area contributed by atoms with Crippen molar-refractivity contribution in [2.24, 2.45) is 34.5 Å². The molecule has 7 atom stereocenters. The van der Waals surface area contributed by atoms with Crippen LogP contribution in [0, 0.1) is 34.5 Å². The van der Waals surface area contributed by atoms with E-state index in [1.807, 2.05) is 14.0 Å². The molecule has 26 heavy (non-hydrogen) atoms. The highest BCUT2D eigenvalue weighted by Gasteiger charge is 2.62. The monoisotopic (exact) mass is 360 g/mol. The SMILES string of the molecule is CCNC(=O)C1CC[C@H]2[C@@H]3CCC4N(C)C(=O)CC[C@]4(C)[C@@H]3CC[C@]12C. The molecule has 0 radical (unpaired) electrons. The van der Waals surface area contributed by atoms with Crippen molar-refractivity contribution in [3.8, 4) is 0 Å². The lowest BCUT2D eigenvalue weighted by Gasteiger charge is -2.61. The molecule has 3 saturated carbocycles. The number of carbonyl (C=O) groups is 2. The van der Waals surface area contributed by atoms with E-state index in [2.05, 4.69) is 24.1 Å². The fourth-order valence-electron chi connectivity index (χ4n) is 7.88. The van der Waals surface area contributed by atoms with Crippen LogP contribution in [0.15, 0.2) is 0 Å². The van der Waals surface area contributed by atoms with Crippen molar-refractivity contribution in [2.75, 3.05) is 13.6 Å². The molecule has 0 spiro atoms. The van der Waals surface area contributed by atoms with E-state index in [0.717, 1.165) is 44.1 Å². The highest BCUT2D eigenvalue weighted by molar-refractivity contribution is 5.80. The average Bonchev–Trinajstić information content (AvgIpc) is 2.96. The topological polar surface area (TPSA) is 49.4 Å². The van der Waals surface area contributed by atoms with Gasteiger partial charge in [0.2, 0.25) is 11.8 Å². The van der Waals surface area contributed by atoms with Crippen LogP contribution in [0.1, 0.15) is 72.1 Å². The molecule has 1 aliphatic heterocycles. The van der Waals surface area contributed by atoms with Gasteiger partial charge >= 0.3 is 0 Å². The number of rotatable bonds is 2. The third-order valence-electron chi connectivity index (χ3n) is 9.22. The van der Waals surface area contributed by atoms with Crippen LogP contribution in [0.5, 0.6) is 0 Å². The Labute approximate surface area is 158 Å². The quantitative estimate of drug-likeness (QED) is 0.818. The Balaban J connectivity index is 1.59. The Morgan fingerprint density at radius 2 is 1.81 bits per heavy atom. The molecule has 0 aromatic heterocycles. The fraction of sp³-hybridized carbons (Fsp3) is 0.909. The first kappa shape index (κ1) is 18.3. The number of amides is 2. The maximum atomic E-state index is 12.7. The number of nitrogens with zero attached hydrogens (tertiary/aromatic N) is 1. The fourth-order valence-corrected chi connectivity index (χ4v) is 7.88. The van der Waals surface area contributed by atoms with Gasteiger partial charge in [0.05, 0.1) is 0 Å². The van der Waals surface area contributed by atoms with Gasteiger partial charge in [-0.1, -0.05) is 13.8 Å². The van der Waals surface area contributed by atoms with E-state index in [0.29, 0.717) is 23.8 Å². The number of nitrogens with one attached hydrogen (secondary N) is 1. The second-order valence-corrected chi connectivity index (χ2v) is 10.0. The summed E-state index contributed by atoms with van der Waals surface area (Å²) in [6.45, 7) is 7.64. The largest absolute Gasteiger partial charge is 0.356 e. The zero-order valence-electron chi connectivity index (χ0n) is 17.0. The maximum absolute atomic E-state index is 12.7. The van der Waals surface area contributed by atoms with Crippen molar-refractivity contribution in [1.29, 1.82) is 0 Å². The summed E-state index contributed by atoms with van der Waals surface area (Å²) in [7, 11) is 2.03. The predicted octanol–water partition coefficient (Wildman–Crippen LogP) is 3.60. The minimum atomic E-state index is 0.181. The molecule has 3 aliphatic carbocycles. The van der Waals surface area contributed by atoms with Crippen molar-refractivity contribution < 1.29 is 9.59 Å². The number of piperidine rings is 1. The lowest BCUT2D eigenvalue weighted by molar-refractivity contribution is -0.159. The van der Waals surface area contributed by atoms with Crippen molar-refractivity contribution in [3.05, 3.63) is 0 Å². The summed E-state index contributed by atoms with van der Waals surface area (Å²) in [6, 6.07) is 0.426. The van der Waals surface area contributed by atoms with Crippen molar-refractivity contribution >= 4 is 11.8 Å². The molecular weight excluding hydrogens is 324 g/mol. The first-order valence-electron chi connectivity index (χ1n) is 10.9. The van der Waals surface area contributed by atoms with Gasteiger partial charge < -0.3 is 10.2 Å². The average molecular weight is 361 g/mol. The van der Waals surface area contributed by atoms with Crippen LogP contribution in [-0.2, 0) is 9.59 Å². The Morgan fingerprint density at radius 3 is 2.54 bits per heavy atom. The Bertz CT molecular complexity index is 605. The molecular formula is C22H36N2O2.